The molecule has 0 bridgehead atoms. The third-order valence-electron chi connectivity index (χ3n) is 5.11. The Kier molecular flexibility index (Phi) is 5.93. The van der Waals surface area contributed by atoms with E-state index in [0.29, 0.717) is 32.7 Å². The second-order valence-corrected chi connectivity index (χ2v) is 6.91. The lowest BCUT2D eigenvalue weighted by Gasteiger charge is -2.41. The number of ether oxygens (including phenoxy) is 2. The molecule has 6 nitrogen and oxygen atoms in total. The van der Waals surface area contributed by atoms with Gasteiger partial charge in [0.2, 0.25) is 5.91 Å². The zero-order valence-corrected chi connectivity index (χ0v) is 15.1. The van der Waals surface area contributed by atoms with Gasteiger partial charge in [0, 0.05) is 45.9 Å². The van der Waals surface area contributed by atoms with Gasteiger partial charge in [0.25, 0.3) is 0 Å². The summed E-state index contributed by atoms with van der Waals surface area (Å²) in [4.78, 5) is 17.1. The van der Waals surface area contributed by atoms with Crippen molar-refractivity contribution in [1.29, 1.82) is 0 Å². The van der Waals surface area contributed by atoms with Crippen LogP contribution >= 0.6 is 0 Å². The largest absolute Gasteiger partial charge is 0.494 e. The van der Waals surface area contributed by atoms with E-state index in [1.54, 1.807) is 0 Å². The Labute approximate surface area is 149 Å². The highest BCUT2D eigenvalue weighted by Crippen LogP contribution is 2.22. The van der Waals surface area contributed by atoms with Crippen LogP contribution in [0.15, 0.2) is 24.3 Å². The molecule has 2 N–H and O–H groups in total. The van der Waals surface area contributed by atoms with Crippen LogP contribution in [0.1, 0.15) is 25.3 Å². The number of piperazine rings is 1. The molecule has 6 heteroatoms. The smallest absolute Gasteiger partial charge is 0.242 e. The molecule has 0 atom stereocenters. The van der Waals surface area contributed by atoms with Crippen LogP contribution in [-0.4, -0.2) is 67.2 Å². The highest BCUT2D eigenvalue weighted by molar-refractivity contribution is 5.86. The third kappa shape index (κ3) is 4.51. The summed E-state index contributed by atoms with van der Waals surface area (Å²) in [5, 5.41) is 0. The lowest BCUT2D eigenvalue weighted by molar-refractivity contribution is -0.142. The van der Waals surface area contributed by atoms with E-state index >= 15 is 0 Å². The predicted molar refractivity (Wildman–Crippen MR) is 96.4 cm³/mol. The number of amides is 1. The minimum absolute atomic E-state index is 0.0940. The molecule has 0 unspecified atom stereocenters. The van der Waals surface area contributed by atoms with E-state index in [-0.39, 0.29) is 5.91 Å². The van der Waals surface area contributed by atoms with Crippen LogP contribution in [0.2, 0.25) is 0 Å². The number of hydrogen-bond donors (Lipinski definition) is 1. The van der Waals surface area contributed by atoms with Gasteiger partial charge in [-0.1, -0.05) is 12.1 Å². The summed E-state index contributed by atoms with van der Waals surface area (Å²) < 4.78 is 10.8. The van der Waals surface area contributed by atoms with E-state index in [1.807, 2.05) is 24.0 Å². The van der Waals surface area contributed by atoms with Crippen molar-refractivity contribution in [2.24, 2.45) is 5.73 Å². The molecule has 1 aromatic rings. The van der Waals surface area contributed by atoms with Crippen LogP contribution in [0.4, 0.5) is 0 Å². The van der Waals surface area contributed by atoms with Crippen molar-refractivity contribution in [1.82, 2.24) is 9.80 Å². The molecule has 2 aliphatic rings. The summed E-state index contributed by atoms with van der Waals surface area (Å²) in [6.45, 7) is 7.99. The van der Waals surface area contributed by atoms with Gasteiger partial charge in [-0.25, -0.2) is 0 Å². The van der Waals surface area contributed by atoms with Crippen molar-refractivity contribution in [3.8, 4) is 5.75 Å². The SMILES string of the molecule is CCOc1ccc(CN2CCN(C(=O)C3(N)CCOCC3)CC2)cc1. The maximum atomic E-state index is 12.8. The van der Waals surface area contributed by atoms with Gasteiger partial charge in [0.1, 0.15) is 5.75 Å². The van der Waals surface area contributed by atoms with Gasteiger partial charge in [-0.3, -0.25) is 9.69 Å². The van der Waals surface area contributed by atoms with Crippen LogP contribution in [0.5, 0.6) is 5.75 Å². The first-order chi connectivity index (χ1) is 12.1. The maximum absolute atomic E-state index is 12.8. The molecule has 0 aromatic heterocycles. The Morgan fingerprint density at radius 1 is 1.16 bits per heavy atom. The molecule has 0 saturated carbocycles. The molecule has 2 aliphatic heterocycles. The van der Waals surface area contributed by atoms with Crippen molar-refractivity contribution < 1.29 is 14.3 Å². The quantitative estimate of drug-likeness (QED) is 0.868. The van der Waals surface area contributed by atoms with Gasteiger partial charge in [0.05, 0.1) is 12.1 Å². The van der Waals surface area contributed by atoms with Crippen molar-refractivity contribution in [2.75, 3.05) is 46.0 Å². The van der Waals surface area contributed by atoms with Gasteiger partial charge >= 0.3 is 0 Å². The van der Waals surface area contributed by atoms with Gasteiger partial charge < -0.3 is 20.1 Å². The number of hydrogen-bond acceptors (Lipinski definition) is 5. The van der Waals surface area contributed by atoms with Crippen LogP contribution in [0.25, 0.3) is 0 Å². The zero-order valence-electron chi connectivity index (χ0n) is 15.1. The van der Waals surface area contributed by atoms with Gasteiger partial charge in [-0.2, -0.15) is 0 Å². The molecule has 1 amide bonds. The van der Waals surface area contributed by atoms with E-state index in [0.717, 1.165) is 38.5 Å². The van der Waals surface area contributed by atoms with Crippen LogP contribution in [0, 0.1) is 0 Å². The standard InChI is InChI=1S/C19H29N3O3/c1-2-25-17-5-3-16(4-6-17)15-21-9-11-22(12-10-21)18(23)19(20)7-13-24-14-8-19/h3-6H,2,7-15,20H2,1H3. The summed E-state index contributed by atoms with van der Waals surface area (Å²) in [5.74, 6) is 1.00. The average molecular weight is 347 g/mol. The second-order valence-electron chi connectivity index (χ2n) is 6.91. The number of rotatable bonds is 5. The van der Waals surface area contributed by atoms with Crippen LogP contribution in [-0.2, 0) is 16.1 Å². The van der Waals surface area contributed by atoms with E-state index in [2.05, 4.69) is 17.0 Å². The first-order valence-electron chi connectivity index (χ1n) is 9.21. The predicted octanol–water partition coefficient (Wildman–Crippen LogP) is 1.24. The molecule has 2 heterocycles. The summed E-state index contributed by atoms with van der Waals surface area (Å²) in [6.07, 6.45) is 1.25. The lowest BCUT2D eigenvalue weighted by atomic mass is 9.89. The van der Waals surface area contributed by atoms with Gasteiger partial charge in [-0.05, 0) is 37.5 Å². The molecule has 2 fully saturated rings. The molecular weight excluding hydrogens is 318 g/mol. The molecule has 0 radical (unpaired) electrons. The monoisotopic (exact) mass is 347 g/mol. The Hall–Kier alpha value is -1.63. The number of nitrogens with two attached hydrogens (primary N) is 1. The summed E-state index contributed by atoms with van der Waals surface area (Å²) in [6, 6.07) is 8.25. The second kappa shape index (κ2) is 8.17. The van der Waals surface area contributed by atoms with E-state index in [1.165, 1.54) is 5.56 Å². The molecule has 0 aliphatic carbocycles. The first-order valence-corrected chi connectivity index (χ1v) is 9.21. The topological polar surface area (TPSA) is 68.0 Å². The van der Waals surface area contributed by atoms with Crippen molar-refractivity contribution >= 4 is 5.91 Å². The fourth-order valence-corrected chi connectivity index (χ4v) is 3.49. The molecule has 1 aromatic carbocycles. The van der Waals surface area contributed by atoms with Gasteiger partial charge in [0.15, 0.2) is 0 Å². The molecular formula is C19H29N3O3. The van der Waals surface area contributed by atoms with Crippen LogP contribution < -0.4 is 10.5 Å². The molecule has 138 valence electrons. The van der Waals surface area contributed by atoms with E-state index < -0.39 is 5.54 Å². The van der Waals surface area contributed by atoms with Crippen molar-refractivity contribution in [3.63, 3.8) is 0 Å². The molecule has 0 spiro atoms. The highest BCUT2D eigenvalue weighted by Gasteiger charge is 2.39. The zero-order chi connectivity index (χ0) is 17.7. The van der Waals surface area contributed by atoms with Gasteiger partial charge in [-0.15, -0.1) is 0 Å². The van der Waals surface area contributed by atoms with Crippen molar-refractivity contribution in [2.45, 2.75) is 31.8 Å². The fraction of sp³-hybridized carbons (Fsp3) is 0.632. The third-order valence-corrected chi connectivity index (χ3v) is 5.11. The summed E-state index contributed by atoms with van der Waals surface area (Å²) in [7, 11) is 0. The maximum Gasteiger partial charge on any atom is 0.242 e. The Morgan fingerprint density at radius 3 is 2.40 bits per heavy atom. The fourth-order valence-electron chi connectivity index (χ4n) is 3.49. The Morgan fingerprint density at radius 2 is 1.80 bits per heavy atom. The Balaban J connectivity index is 1.49. The average Bonchev–Trinajstić information content (AvgIpc) is 2.64. The van der Waals surface area contributed by atoms with E-state index in [9.17, 15) is 4.79 Å². The highest BCUT2D eigenvalue weighted by atomic mass is 16.5. The molecule has 25 heavy (non-hydrogen) atoms. The van der Waals surface area contributed by atoms with Crippen LogP contribution in [0.3, 0.4) is 0 Å². The number of nitrogens with zero attached hydrogens (tertiary/aromatic N) is 2. The number of carbonyl (C=O) groups excluding carboxylic acids is 1. The Bertz CT molecular complexity index is 562. The van der Waals surface area contributed by atoms with E-state index in [4.69, 9.17) is 15.2 Å². The lowest BCUT2D eigenvalue weighted by Crippen LogP contribution is -2.61. The van der Waals surface area contributed by atoms with Crippen molar-refractivity contribution in [3.05, 3.63) is 29.8 Å². The minimum atomic E-state index is -0.727. The first kappa shape index (κ1) is 18.2. The number of benzene rings is 1. The molecule has 3 rings (SSSR count). The summed E-state index contributed by atoms with van der Waals surface area (Å²) in [5.41, 5.74) is 6.87. The normalized spacial score (nSPS) is 21.1. The number of carbonyl (C=O) groups is 1. The molecule has 2 saturated heterocycles. The summed E-state index contributed by atoms with van der Waals surface area (Å²) >= 11 is 0. The minimum Gasteiger partial charge on any atom is -0.494 e.